The Balaban J connectivity index is 2.21. The van der Waals surface area contributed by atoms with Gasteiger partial charge in [0.25, 0.3) is 0 Å². The fourth-order valence-corrected chi connectivity index (χ4v) is 2.69. The third kappa shape index (κ3) is 3.08. The summed E-state index contributed by atoms with van der Waals surface area (Å²) in [5.74, 6) is -0.721. The molecule has 2 aromatic rings. The molecule has 4 nitrogen and oxygen atoms in total. The van der Waals surface area contributed by atoms with Crippen LogP contribution in [-0.2, 0) is 6.42 Å². The number of benzene rings is 1. The van der Waals surface area contributed by atoms with Gasteiger partial charge in [-0.05, 0) is 30.0 Å². The Hall–Kier alpha value is -2.08. The van der Waals surface area contributed by atoms with Crippen molar-refractivity contribution in [3.8, 4) is 0 Å². The molecule has 1 aromatic heterocycles. The predicted octanol–water partition coefficient (Wildman–Crippen LogP) is 2.66. The summed E-state index contributed by atoms with van der Waals surface area (Å²) in [6.07, 6.45) is 0.861. The number of hydrogen-bond donors (Lipinski definition) is 2. The summed E-state index contributed by atoms with van der Waals surface area (Å²) in [7, 11) is 1.86. The number of halogens is 1. The number of thiophene rings is 1. The van der Waals surface area contributed by atoms with Crippen molar-refractivity contribution in [2.75, 3.05) is 18.5 Å². The summed E-state index contributed by atoms with van der Waals surface area (Å²) >= 11 is 1.69. The van der Waals surface area contributed by atoms with Crippen LogP contribution in [0.5, 0.6) is 0 Å². The molecule has 0 saturated heterocycles. The third-order valence-electron chi connectivity index (χ3n) is 3.04. The first-order valence-corrected chi connectivity index (χ1v) is 7.01. The molecule has 0 spiro atoms. The summed E-state index contributed by atoms with van der Waals surface area (Å²) in [4.78, 5) is 3.16. The lowest BCUT2D eigenvalue weighted by molar-refractivity contribution is 0.318. The molecule has 6 heteroatoms. The van der Waals surface area contributed by atoms with Crippen LogP contribution in [0.4, 0.5) is 10.1 Å². The van der Waals surface area contributed by atoms with E-state index in [1.165, 1.54) is 10.9 Å². The number of nitrogens with two attached hydrogens (primary N) is 1. The largest absolute Gasteiger partial charge is 0.409 e. The van der Waals surface area contributed by atoms with E-state index in [0.29, 0.717) is 5.69 Å². The number of anilines is 1. The molecule has 3 N–H and O–H groups in total. The van der Waals surface area contributed by atoms with Crippen molar-refractivity contribution in [2.45, 2.75) is 6.42 Å². The van der Waals surface area contributed by atoms with Gasteiger partial charge in [0.15, 0.2) is 5.84 Å². The van der Waals surface area contributed by atoms with Crippen LogP contribution in [0.3, 0.4) is 0 Å². The summed E-state index contributed by atoms with van der Waals surface area (Å²) < 4.78 is 13.9. The highest BCUT2D eigenvalue weighted by molar-refractivity contribution is 7.09. The van der Waals surface area contributed by atoms with Crippen LogP contribution < -0.4 is 10.6 Å². The minimum Gasteiger partial charge on any atom is -0.409 e. The van der Waals surface area contributed by atoms with Crippen LogP contribution in [0.1, 0.15) is 10.4 Å². The summed E-state index contributed by atoms with van der Waals surface area (Å²) in [6.45, 7) is 0.718. The van der Waals surface area contributed by atoms with Crippen molar-refractivity contribution < 1.29 is 9.60 Å². The molecule has 0 fully saturated rings. The quantitative estimate of drug-likeness (QED) is 0.385. The molecule has 20 heavy (non-hydrogen) atoms. The lowest BCUT2D eigenvalue weighted by atomic mass is 10.1. The highest BCUT2D eigenvalue weighted by atomic mass is 32.1. The SMILES string of the molecule is CN(CCc1cccs1)c1cccc(F)c1C(N)=NO. The zero-order valence-corrected chi connectivity index (χ0v) is 11.9. The topological polar surface area (TPSA) is 61.8 Å². The second-order valence-electron chi connectivity index (χ2n) is 4.37. The van der Waals surface area contributed by atoms with E-state index in [9.17, 15) is 4.39 Å². The number of likely N-dealkylation sites (N-methyl/N-ethyl adjacent to an activating group) is 1. The number of hydrogen-bond acceptors (Lipinski definition) is 4. The van der Waals surface area contributed by atoms with Gasteiger partial charge < -0.3 is 15.8 Å². The van der Waals surface area contributed by atoms with E-state index >= 15 is 0 Å². The van der Waals surface area contributed by atoms with Gasteiger partial charge in [0, 0.05) is 18.5 Å². The number of rotatable bonds is 5. The van der Waals surface area contributed by atoms with Gasteiger partial charge in [0.05, 0.1) is 11.3 Å². The predicted molar refractivity (Wildman–Crippen MR) is 80.2 cm³/mol. The third-order valence-corrected chi connectivity index (χ3v) is 3.98. The molecule has 0 saturated carbocycles. The normalized spacial score (nSPS) is 11.6. The van der Waals surface area contributed by atoms with Crippen molar-refractivity contribution in [2.24, 2.45) is 10.9 Å². The average Bonchev–Trinajstić information content (AvgIpc) is 2.97. The first kappa shape index (κ1) is 14.3. The van der Waals surface area contributed by atoms with Gasteiger partial charge in [0.1, 0.15) is 5.82 Å². The second-order valence-corrected chi connectivity index (χ2v) is 5.40. The summed E-state index contributed by atoms with van der Waals surface area (Å²) in [5.41, 5.74) is 6.30. The Morgan fingerprint density at radius 1 is 1.40 bits per heavy atom. The van der Waals surface area contributed by atoms with Crippen molar-refractivity contribution in [3.05, 3.63) is 52.0 Å². The van der Waals surface area contributed by atoms with E-state index in [1.807, 2.05) is 23.4 Å². The molecule has 0 amide bonds. The van der Waals surface area contributed by atoms with Gasteiger partial charge in [-0.25, -0.2) is 4.39 Å². The highest BCUT2D eigenvalue weighted by Gasteiger charge is 2.15. The molecule has 2 rings (SSSR count). The number of oxime groups is 1. The monoisotopic (exact) mass is 293 g/mol. The molecule has 1 heterocycles. The van der Waals surface area contributed by atoms with Gasteiger partial charge in [0.2, 0.25) is 0 Å². The van der Waals surface area contributed by atoms with Crippen molar-refractivity contribution >= 4 is 22.9 Å². The molecular formula is C14H16FN3OS. The van der Waals surface area contributed by atoms with E-state index in [4.69, 9.17) is 10.9 Å². The Kier molecular flexibility index (Phi) is 4.57. The minimum atomic E-state index is -0.499. The maximum absolute atomic E-state index is 13.9. The van der Waals surface area contributed by atoms with Crippen LogP contribution in [-0.4, -0.2) is 24.6 Å². The van der Waals surface area contributed by atoms with Gasteiger partial charge >= 0.3 is 0 Å². The van der Waals surface area contributed by atoms with Crippen molar-refractivity contribution in [3.63, 3.8) is 0 Å². The second kappa shape index (κ2) is 6.38. The van der Waals surface area contributed by atoms with Gasteiger partial charge in [-0.15, -0.1) is 11.3 Å². The molecule has 0 aliphatic rings. The Bertz CT molecular complexity index is 598. The molecule has 106 valence electrons. The van der Waals surface area contributed by atoms with E-state index in [2.05, 4.69) is 11.2 Å². The lowest BCUT2D eigenvalue weighted by Gasteiger charge is -2.22. The molecular weight excluding hydrogens is 277 g/mol. The number of amidine groups is 1. The Morgan fingerprint density at radius 3 is 2.85 bits per heavy atom. The van der Waals surface area contributed by atoms with Crippen LogP contribution in [0, 0.1) is 5.82 Å². The first-order chi connectivity index (χ1) is 9.63. The molecule has 0 atom stereocenters. The van der Waals surface area contributed by atoms with Crippen LogP contribution in [0.2, 0.25) is 0 Å². The summed E-state index contributed by atoms with van der Waals surface area (Å²) in [6, 6.07) is 8.73. The fraction of sp³-hybridized carbons (Fsp3) is 0.214. The highest BCUT2D eigenvalue weighted by Crippen LogP contribution is 2.23. The van der Waals surface area contributed by atoms with E-state index in [-0.39, 0.29) is 11.4 Å². The molecule has 0 bridgehead atoms. The van der Waals surface area contributed by atoms with Gasteiger partial charge in [-0.3, -0.25) is 0 Å². The van der Waals surface area contributed by atoms with Gasteiger partial charge in [-0.1, -0.05) is 17.3 Å². The zero-order chi connectivity index (χ0) is 14.5. The molecule has 0 aliphatic heterocycles. The first-order valence-electron chi connectivity index (χ1n) is 6.13. The average molecular weight is 293 g/mol. The van der Waals surface area contributed by atoms with Crippen molar-refractivity contribution in [1.29, 1.82) is 0 Å². The number of nitrogens with zero attached hydrogens (tertiary/aromatic N) is 2. The zero-order valence-electron chi connectivity index (χ0n) is 11.1. The van der Waals surface area contributed by atoms with Gasteiger partial charge in [-0.2, -0.15) is 0 Å². The van der Waals surface area contributed by atoms with Crippen LogP contribution >= 0.6 is 11.3 Å². The van der Waals surface area contributed by atoms with E-state index in [0.717, 1.165) is 13.0 Å². The molecule has 0 radical (unpaired) electrons. The van der Waals surface area contributed by atoms with Crippen LogP contribution in [0.15, 0.2) is 40.9 Å². The van der Waals surface area contributed by atoms with E-state index < -0.39 is 5.82 Å². The van der Waals surface area contributed by atoms with Crippen LogP contribution in [0.25, 0.3) is 0 Å². The molecule has 0 aliphatic carbocycles. The summed E-state index contributed by atoms with van der Waals surface area (Å²) in [5, 5.41) is 13.7. The molecule has 1 aromatic carbocycles. The van der Waals surface area contributed by atoms with E-state index in [1.54, 1.807) is 23.5 Å². The smallest absolute Gasteiger partial charge is 0.175 e. The minimum absolute atomic E-state index is 0.128. The lowest BCUT2D eigenvalue weighted by Crippen LogP contribution is -2.25. The Morgan fingerprint density at radius 2 is 2.20 bits per heavy atom. The molecule has 0 unspecified atom stereocenters. The van der Waals surface area contributed by atoms with Crippen molar-refractivity contribution in [1.82, 2.24) is 0 Å². The standard InChI is InChI=1S/C14H16FN3OS/c1-18(8-7-10-4-3-9-20-10)12-6-2-5-11(15)13(12)14(16)17-19/h2-6,9,19H,7-8H2,1H3,(H2,16,17). The maximum atomic E-state index is 13.9. The Labute approximate surface area is 120 Å². The maximum Gasteiger partial charge on any atom is 0.175 e. The fourth-order valence-electron chi connectivity index (χ4n) is 1.99.